The summed E-state index contributed by atoms with van der Waals surface area (Å²) in [6.07, 6.45) is 0.932. The minimum atomic E-state index is -0.00444. The van der Waals surface area contributed by atoms with Crippen LogP contribution in [0.25, 0.3) is 0 Å². The van der Waals surface area contributed by atoms with Gasteiger partial charge < -0.3 is 20.3 Å². The van der Waals surface area contributed by atoms with Gasteiger partial charge in [0.15, 0.2) is 0 Å². The van der Waals surface area contributed by atoms with Gasteiger partial charge >= 0.3 is 0 Å². The molecule has 4 nitrogen and oxygen atoms in total. The van der Waals surface area contributed by atoms with Crippen LogP contribution in [0.1, 0.15) is 13.3 Å². The first-order valence-electron chi connectivity index (χ1n) is 5.04. The first-order valence-corrected chi connectivity index (χ1v) is 5.04. The molecule has 0 saturated heterocycles. The number of aliphatic hydroxyl groups excluding tert-OH is 1. The van der Waals surface area contributed by atoms with Crippen LogP contribution in [0.4, 0.5) is 5.69 Å². The maximum atomic E-state index is 8.61. The van der Waals surface area contributed by atoms with Crippen LogP contribution in [0.15, 0.2) is 18.2 Å². The molecule has 0 aromatic heterocycles. The van der Waals surface area contributed by atoms with Crippen LogP contribution in [0.5, 0.6) is 11.5 Å². The van der Waals surface area contributed by atoms with Crippen molar-refractivity contribution in [1.29, 1.82) is 0 Å². The van der Waals surface area contributed by atoms with E-state index in [4.69, 9.17) is 20.3 Å². The van der Waals surface area contributed by atoms with E-state index in [-0.39, 0.29) is 13.2 Å². The van der Waals surface area contributed by atoms with Gasteiger partial charge in [-0.3, -0.25) is 0 Å². The van der Waals surface area contributed by atoms with Crippen molar-refractivity contribution in [2.45, 2.75) is 13.3 Å². The average molecular weight is 211 g/mol. The third-order valence-electron chi connectivity index (χ3n) is 1.81. The maximum absolute atomic E-state index is 8.61. The van der Waals surface area contributed by atoms with Gasteiger partial charge in [0.05, 0.1) is 18.9 Å². The van der Waals surface area contributed by atoms with Gasteiger partial charge in [-0.15, -0.1) is 0 Å². The first-order chi connectivity index (χ1) is 7.27. The standard InChI is InChI=1S/C11H17NO3/c1-2-6-15-11-8-9(14-7-5-13)3-4-10(11)12/h3-4,8,13H,2,5-7,12H2,1H3. The molecule has 0 atom stereocenters. The fourth-order valence-electron chi connectivity index (χ4n) is 1.10. The number of nitrogens with two attached hydrogens (primary N) is 1. The van der Waals surface area contributed by atoms with Crippen LogP contribution >= 0.6 is 0 Å². The Kier molecular flexibility index (Phi) is 4.77. The molecule has 0 unspecified atom stereocenters. The molecule has 84 valence electrons. The highest BCUT2D eigenvalue weighted by molar-refractivity contribution is 5.55. The second-order valence-corrected chi connectivity index (χ2v) is 3.12. The van der Waals surface area contributed by atoms with E-state index in [0.717, 1.165) is 6.42 Å². The molecule has 4 heteroatoms. The van der Waals surface area contributed by atoms with Gasteiger partial charge in [-0.05, 0) is 18.6 Å². The first kappa shape index (κ1) is 11.7. The van der Waals surface area contributed by atoms with E-state index in [1.54, 1.807) is 18.2 Å². The van der Waals surface area contributed by atoms with Crippen molar-refractivity contribution in [2.24, 2.45) is 0 Å². The molecule has 0 aliphatic rings. The van der Waals surface area contributed by atoms with Crippen LogP contribution < -0.4 is 15.2 Å². The number of hydrogen-bond donors (Lipinski definition) is 2. The summed E-state index contributed by atoms with van der Waals surface area (Å²) in [4.78, 5) is 0. The normalized spacial score (nSPS) is 10.0. The summed E-state index contributed by atoms with van der Waals surface area (Å²) in [7, 11) is 0. The lowest BCUT2D eigenvalue weighted by atomic mass is 10.3. The summed E-state index contributed by atoms with van der Waals surface area (Å²) in [5, 5.41) is 8.61. The van der Waals surface area contributed by atoms with Gasteiger partial charge in [-0.25, -0.2) is 0 Å². The van der Waals surface area contributed by atoms with Gasteiger partial charge in [0.1, 0.15) is 18.1 Å². The summed E-state index contributed by atoms with van der Waals surface area (Å²) in [5.41, 5.74) is 6.33. The monoisotopic (exact) mass is 211 g/mol. The maximum Gasteiger partial charge on any atom is 0.145 e. The highest BCUT2D eigenvalue weighted by Gasteiger charge is 2.02. The highest BCUT2D eigenvalue weighted by atomic mass is 16.5. The molecule has 1 aromatic carbocycles. The summed E-state index contributed by atoms with van der Waals surface area (Å²) in [5.74, 6) is 1.29. The molecule has 0 fully saturated rings. The van der Waals surface area contributed by atoms with Gasteiger partial charge in [0.25, 0.3) is 0 Å². The summed E-state index contributed by atoms with van der Waals surface area (Å²) >= 11 is 0. The van der Waals surface area contributed by atoms with E-state index in [9.17, 15) is 0 Å². The lowest BCUT2D eigenvalue weighted by Crippen LogP contribution is -2.03. The second kappa shape index (κ2) is 6.14. The Bertz CT molecular complexity index is 302. The van der Waals surface area contributed by atoms with Gasteiger partial charge in [-0.2, -0.15) is 0 Å². The Morgan fingerprint density at radius 2 is 2.07 bits per heavy atom. The van der Waals surface area contributed by atoms with Crippen LogP contribution in [0.2, 0.25) is 0 Å². The molecule has 3 N–H and O–H groups in total. The van der Waals surface area contributed by atoms with Gasteiger partial charge in [-0.1, -0.05) is 6.92 Å². The molecule has 0 saturated carbocycles. The Balaban J connectivity index is 2.66. The van der Waals surface area contributed by atoms with Crippen LogP contribution in [0, 0.1) is 0 Å². The zero-order valence-electron chi connectivity index (χ0n) is 8.90. The van der Waals surface area contributed by atoms with E-state index < -0.39 is 0 Å². The summed E-state index contributed by atoms with van der Waals surface area (Å²) < 4.78 is 10.7. The lowest BCUT2D eigenvalue weighted by Gasteiger charge is -2.10. The zero-order valence-corrected chi connectivity index (χ0v) is 8.90. The molecule has 0 spiro atoms. The largest absolute Gasteiger partial charge is 0.491 e. The van der Waals surface area contributed by atoms with Crippen LogP contribution in [-0.4, -0.2) is 24.9 Å². The number of benzene rings is 1. The minimum Gasteiger partial charge on any atom is -0.491 e. The molecular formula is C11H17NO3. The van der Waals surface area contributed by atoms with Gasteiger partial charge in [0, 0.05) is 6.07 Å². The molecule has 0 heterocycles. The SMILES string of the molecule is CCCOc1cc(OCCO)ccc1N. The van der Waals surface area contributed by atoms with E-state index >= 15 is 0 Å². The number of aliphatic hydroxyl groups is 1. The molecule has 1 aromatic rings. The Morgan fingerprint density at radius 3 is 2.73 bits per heavy atom. The number of nitrogen functional groups attached to an aromatic ring is 1. The fourth-order valence-corrected chi connectivity index (χ4v) is 1.10. The van der Waals surface area contributed by atoms with E-state index in [2.05, 4.69) is 0 Å². The van der Waals surface area contributed by atoms with E-state index in [1.165, 1.54) is 0 Å². The highest BCUT2D eigenvalue weighted by Crippen LogP contribution is 2.26. The summed E-state index contributed by atoms with van der Waals surface area (Å²) in [6.45, 7) is 2.93. The predicted molar refractivity (Wildman–Crippen MR) is 59.2 cm³/mol. The molecule has 1 rings (SSSR count). The molecule has 0 aliphatic carbocycles. The third-order valence-corrected chi connectivity index (χ3v) is 1.81. The van der Waals surface area contributed by atoms with Crippen molar-refractivity contribution < 1.29 is 14.6 Å². The second-order valence-electron chi connectivity index (χ2n) is 3.12. The van der Waals surface area contributed by atoms with Crippen molar-refractivity contribution >= 4 is 5.69 Å². The quantitative estimate of drug-likeness (QED) is 0.699. The van der Waals surface area contributed by atoms with E-state index in [0.29, 0.717) is 23.8 Å². The van der Waals surface area contributed by atoms with E-state index in [1.807, 2.05) is 6.92 Å². The molecule has 0 radical (unpaired) electrons. The zero-order chi connectivity index (χ0) is 11.1. The fraction of sp³-hybridized carbons (Fsp3) is 0.455. The molecule has 0 aliphatic heterocycles. The topological polar surface area (TPSA) is 64.7 Å². The average Bonchev–Trinajstić information content (AvgIpc) is 2.26. The van der Waals surface area contributed by atoms with Crippen LogP contribution in [0.3, 0.4) is 0 Å². The molecular weight excluding hydrogens is 194 g/mol. The third kappa shape index (κ3) is 3.67. The Labute approximate surface area is 89.6 Å². The van der Waals surface area contributed by atoms with Gasteiger partial charge in [0.2, 0.25) is 0 Å². The van der Waals surface area contributed by atoms with Crippen molar-refractivity contribution in [2.75, 3.05) is 25.6 Å². The smallest absolute Gasteiger partial charge is 0.145 e. The number of anilines is 1. The van der Waals surface area contributed by atoms with Crippen molar-refractivity contribution in [3.8, 4) is 11.5 Å². The molecule has 0 amide bonds. The Hall–Kier alpha value is -1.42. The number of rotatable bonds is 6. The summed E-state index contributed by atoms with van der Waals surface area (Å²) in [6, 6.07) is 5.22. The number of ether oxygens (including phenoxy) is 2. The Morgan fingerprint density at radius 1 is 1.27 bits per heavy atom. The number of hydrogen-bond acceptors (Lipinski definition) is 4. The predicted octanol–water partition coefficient (Wildman–Crippen LogP) is 1.43. The van der Waals surface area contributed by atoms with Crippen molar-refractivity contribution in [3.05, 3.63) is 18.2 Å². The molecule has 15 heavy (non-hydrogen) atoms. The molecule has 0 bridgehead atoms. The lowest BCUT2D eigenvalue weighted by molar-refractivity contribution is 0.200. The van der Waals surface area contributed by atoms with Crippen molar-refractivity contribution in [3.63, 3.8) is 0 Å². The van der Waals surface area contributed by atoms with Crippen molar-refractivity contribution in [1.82, 2.24) is 0 Å². The van der Waals surface area contributed by atoms with Crippen LogP contribution in [-0.2, 0) is 0 Å². The minimum absolute atomic E-state index is 0.00444.